The van der Waals surface area contributed by atoms with Crippen LogP contribution in [0.4, 0.5) is 0 Å². The van der Waals surface area contributed by atoms with Crippen LogP contribution < -0.4 is 4.74 Å². The summed E-state index contributed by atoms with van der Waals surface area (Å²) in [5.74, 6) is 0.454. The molecule has 1 amide bonds. The lowest BCUT2D eigenvalue weighted by Crippen LogP contribution is -2.50. The second-order valence-electron chi connectivity index (χ2n) is 6.36. The highest BCUT2D eigenvalue weighted by Gasteiger charge is 2.31. The molecular weight excluding hydrogens is 432 g/mol. The number of carbonyl (C=O) groups is 1. The summed E-state index contributed by atoms with van der Waals surface area (Å²) in [7, 11) is -2.00. The summed E-state index contributed by atoms with van der Waals surface area (Å²) >= 11 is 3.40. The predicted octanol–water partition coefficient (Wildman–Crippen LogP) is 2.91. The summed E-state index contributed by atoms with van der Waals surface area (Å²) < 4.78 is 32.9. The Balaban J connectivity index is 1.71. The first-order valence-corrected chi connectivity index (χ1v) is 10.8. The Morgan fingerprint density at radius 1 is 1.04 bits per heavy atom. The maximum Gasteiger partial charge on any atom is 0.255 e. The summed E-state index contributed by atoms with van der Waals surface area (Å²) in [5, 5.41) is 0. The van der Waals surface area contributed by atoms with E-state index in [4.69, 9.17) is 4.74 Å². The molecule has 1 aliphatic heterocycles. The van der Waals surface area contributed by atoms with Gasteiger partial charge in [0.05, 0.1) is 17.6 Å². The Morgan fingerprint density at radius 3 is 2.26 bits per heavy atom. The number of halogens is 1. The zero-order chi connectivity index (χ0) is 19.6. The first-order chi connectivity index (χ1) is 12.8. The Bertz CT molecular complexity index is 937. The van der Waals surface area contributed by atoms with Gasteiger partial charge < -0.3 is 9.64 Å². The molecule has 1 aliphatic rings. The number of amides is 1. The van der Waals surface area contributed by atoms with Gasteiger partial charge in [-0.1, -0.05) is 17.7 Å². The van der Waals surface area contributed by atoms with Gasteiger partial charge in [-0.3, -0.25) is 4.79 Å². The maximum absolute atomic E-state index is 12.8. The fraction of sp³-hybridized carbons (Fsp3) is 0.316. The van der Waals surface area contributed by atoms with E-state index in [1.54, 1.807) is 54.5 Å². The molecule has 6 nitrogen and oxygen atoms in total. The standard InChI is InChI=1S/C19H21BrN2O4S/c1-14-3-6-16(7-4-14)27(24,25)22-11-9-21(10-12-22)19(23)17-13-15(26-2)5-8-18(17)20/h3-8,13H,9-12H2,1-2H3. The minimum Gasteiger partial charge on any atom is -0.497 e. The van der Waals surface area contributed by atoms with E-state index in [1.807, 2.05) is 6.92 Å². The molecule has 0 spiro atoms. The van der Waals surface area contributed by atoms with E-state index in [0.717, 1.165) is 5.56 Å². The zero-order valence-electron chi connectivity index (χ0n) is 15.2. The van der Waals surface area contributed by atoms with Gasteiger partial charge in [0.15, 0.2) is 0 Å². The highest BCUT2D eigenvalue weighted by Crippen LogP contribution is 2.25. The van der Waals surface area contributed by atoms with Crippen molar-refractivity contribution >= 4 is 31.9 Å². The Hall–Kier alpha value is -1.90. The summed E-state index contributed by atoms with van der Waals surface area (Å²) in [5.41, 5.74) is 1.51. The zero-order valence-corrected chi connectivity index (χ0v) is 17.6. The number of ether oxygens (including phenoxy) is 1. The van der Waals surface area contributed by atoms with Gasteiger partial charge in [-0.25, -0.2) is 8.42 Å². The van der Waals surface area contributed by atoms with Crippen molar-refractivity contribution in [3.05, 3.63) is 58.1 Å². The van der Waals surface area contributed by atoms with Gasteiger partial charge in [-0.15, -0.1) is 0 Å². The summed E-state index contributed by atoms with van der Waals surface area (Å²) in [6.07, 6.45) is 0. The summed E-state index contributed by atoms with van der Waals surface area (Å²) in [6.45, 7) is 3.13. The number of benzene rings is 2. The largest absolute Gasteiger partial charge is 0.497 e. The number of hydrogen-bond acceptors (Lipinski definition) is 4. The first-order valence-electron chi connectivity index (χ1n) is 8.52. The lowest BCUT2D eigenvalue weighted by atomic mass is 10.1. The van der Waals surface area contributed by atoms with Crippen molar-refractivity contribution < 1.29 is 17.9 Å². The molecule has 2 aromatic rings. The number of carbonyl (C=O) groups excluding carboxylic acids is 1. The molecule has 1 fully saturated rings. The smallest absolute Gasteiger partial charge is 0.255 e. The summed E-state index contributed by atoms with van der Waals surface area (Å²) in [4.78, 5) is 14.8. The average molecular weight is 453 g/mol. The molecule has 0 bridgehead atoms. The number of sulfonamides is 1. The van der Waals surface area contributed by atoms with Crippen LogP contribution in [0.5, 0.6) is 5.75 Å². The lowest BCUT2D eigenvalue weighted by molar-refractivity contribution is 0.0696. The van der Waals surface area contributed by atoms with E-state index in [2.05, 4.69) is 15.9 Å². The van der Waals surface area contributed by atoms with E-state index >= 15 is 0 Å². The van der Waals surface area contributed by atoms with E-state index in [0.29, 0.717) is 28.9 Å². The van der Waals surface area contributed by atoms with Crippen molar-refractivity contribution in [3.63, 3.8) is 0 Å². The molecule has 0 radical (unpaired) electrons. The molecule has 0 aromatic heterocycles. The third-order valence-electron chi connectivity index (χ3n) is 4.59. The topological polar surface area (TPSA) is 66.9 Å². The van der Waals surface area contributed by atoms with Gasteiger partial charge >= 0.3 is 0 Å². The van der Waals surface area contributed by atoms with Gasteiger partial charge in [0.1, 0.15) is 5.75 Å². The molecular formula is C19H21BrN2O4S. The van der Waals surface area contributed by atoms with Crippen molar-refractivity contribution in [1.29, 1.82) is 0 Å². The highest BCUT2D eigenvalue weighted by atomic mass is 79.9. The minimum absolute atomic E-state index is 0.145. The van der Waals surface area contributed by atoms with Crippen LogP contribution in [0, 0.1) is 6.92 Å². The molecule has 2 aromatic carbocycles. The molecule has 0 saturated carbocycles. The Morgan fingerprint density at radius 2 is 1.67 bits per heavy atom. The number of rotatable bonds is 4. The van der Waals surface area contributed by atoms with Crippen molar-refractivity contribution in [3.8, 4) is 5.75 Å². The van der Waals surface area contributed by atoms with Gasteiger partial charge in [0.2, 0.25) is 10.0 Å². The monoisotopic (exact) mass is 452 g/mol. The number of hydrogen-bond donors (Lipinski definition) is 0. The average Bonchev–Trinajstić information content (AvgIpc) is 2.68. The first kappa shape index (κ1) is 19.9. The predicted molar refractivity (Wildman–Crippen MR) is 107 cm³/mol. The highest BCUT2D eigenvalue weighted by molar-refractivity contribution is 9.10. The quantitative estimate of drug-likeness (QED) is 0.714. The molecule has 1 heterocycles. The molecule has 1 saturated heterocycles. The second kappa shape index (κ2) is 8.00. The fourth-order valence-electron chi connectivity index (χ4n) is 2.96. The number of aryl methyl sites for hydroxylation is 1. The Labute approximate surface area is 167 Å². The van der Waals surface area contributed by atoms with Crippen molar-refractivity contribution in [2.75, 3.05) is 33.3 Å². The summed E-state index contributed by atoms with van der Waals surface area (Å²) in [6, 6.07) is 12.0. The third kappa shape index (κ3) is 4.17. The molecule has 0 atom stereocenters. The van der Waals surface area contributed by atoms with Crippen LogP contribution in [-0.4, -0.2) is 56.8 Å². The van der Waals surface area contributed by atoms with Gasteiger partial charge in [0.25, 0.3) is 5.91 Å². The fourth-order valence-corrected chi connectivity index (χ4v) is 4.79. The van der Waals surface area contributed by atoms with Crippen molar-refractivity contribution in [2.45, 2.75) is 11.8 Å². The number of methoxy groups -OCH3 is 1. The maximum atomic E-state index is 12.8. The van der Waals surface area contributed by atoms with Crippen LogP contribution in [0.2, 0.25) is 0 Å². The molecule has 0 N–H and O–H groups in total. The van der Waals surface area contributed by atoms with Crippen LogP contribution in [0.15, 0.2) is 51.8 Å². The molecule has 144 valence electrons. The van der Waals surface area contributed by atoms with E-state index in [1.165, 1.54) is 4.31 Å². The third-order valence-corrected chi connectivity index (χ3v) is 7.19. The molecule has 27 heavy (non-hydrogen) atoms. The molecule has 0 aliphatic carbocycles. The van der Waals surface area contributed by atoms with Crippen molar-refractivity contribution in [2.24, 2.45) is 0 Å². The van der Waals surface area contributed by atoms with E-state index < -0.39 is 10.0 Å². The van der Waals surface area contributed by atoms with Gasteiger partial charge in [0, 0.05) is 30.7 Å². The van der Waals surface area contributed by atoms with Gasteiger partial charge in [-0.2, -0.15) is 4.31 Å². The molecule has 3 rings (SSSR count). The number of nitrogens with zero attached hydrogens (tertiary/aromatic N) is 2. The molecule has 8 heteroatoms. The van der Waals surface area contributed by atoms with Crippen LogP contribution in [0.25, 0.3) is 0 Å². The normalized spacial score (nSPS) is 15.6. The van der Waals surface area contributed by atoms with Gasteiger partial charge in [-0.05, 0) is 53.2 Å². The SMILES string of the molecule is COc1ccc(Br)c(C(=O)N2CCN(S(=O)(=O)c3ccc(C)cc3)CC2)c1. The van der Waals surface area contributed by atoms with Crippen LogP contribution in [0.3, 0.4) is 0 Å². The van der Waals surface area contributed by atoms with Crippen LogP contribution in [-0.2, 0) is 10.0 Å². The second-order valence-corrected chi connectivity index (χ2v) is 9.15. The van der Waals surface area contributed by atoms with Crippen LogP contribution in [0.1, 0.15) is 15.9 Å². The Kier molecular flexibility index (Phi) is 5.88. The molecule has 0 unspecified atom stereocenters. The van der Waals surface area contributed by atoms with Crippen LogP contribution >= 0.6 is 15.9 Å². The lowest BCUT2D eigenvalue weighted by Gasteiger charge is -2.34. The van der Waals surface area contributed by atoms with E-state index in [-0.39, 0.29) is 23.9 Å². The van der Waals surface area contributed by atoms with Crippen molar-refractivity contribution in [1.82, 2.24) is 9.21 Å². The van der Waals surface area contributed by atoms with E-state index in [9.17, 15) is 13.2 Å². The number of piperazine rings is 1. The minimum atomic E-state index is -3.55.